The van der Waals surface area contributed by atoms with Crippen LogP contribution in [-0.4, -0.2) is 32.5 Å². The number of fused-ring (bicyclic) bond motifs is 3. The number of halogens is 1. The molecule has 2 aromatic carbocycles. The van der Waals surface area contributed by atoms with Crippen LogP contribution in [0.15, 0.2) is 58.0 Å². The Hall–Kier alpha value is -4.61. The minimum absolute atomic E-state index is 0.0183. The maximum absolute atomic E-state index is 13.4. The summed E-state index contributed by atoms with van der Waals surface area (Å²) in [6.07, 6.45) is -0.129. The number of carbonyl (C=O) groups excluding carboxylic acids is 2. The summed E-state index contributed by atoms with van der Waals surface area (Å²) in [5.41, 5.74) is -0.638. The number of esters is 1. The molecule has 11 nitrogen and oxygen atoms in total. The zero-order valence-corrected chi connectivity index (χ0v) is 17.0. The minimum Gasteiger partial charge on any atom is -0.451 e. The average molecular weight is 454 g/mol. The van der Waals surface area contributed by atoms with E-state index < -0.39 is 46.5 Å². The van der Waals surface area contributed by atoms with Crippen molar-refractivity contribution >= 4 is 45.3 Å². The summed E-state index contributed by atoms with van der Waals surface area (Å²) in [6, 6.07) is 9.76. The van der Waals surface area contributed by atoms with Crippen molar-refractivity contribution < 1.29 is 28.1 Å². The Kier molecular flexibility index (Phi) is 5.56. The molecule has 1 unspecified atom stereocenters. The number of amides is 1. The van der Waals surface area contributed by atoms with E-state index in [-0.39, 0.29) is 11.3 Å². The summed E-state index contributed by atoms with van der Waals surface area (Å²) in [6.45, 7) is 0.743. The van der Waals surface area contributed by atoms with Gasteiger partial charge in [-0.15, -0.1) is 0 Å². The topological polar surface area (TPSA) is 147 Å². The number of nitro groups is 1. The molecule has 0 spiro atoms. The van der Waals surface area contributed by atoms with Crippen LogP contribution in [0.3, 0.4) is 0 Å². The second kappa shape index (κ2) is 8.49. The minimum atomic E-state index is -1.31. The molecule has 0 saturated carbocycles. The molecule has 4 rings (SSSR count). The number of hydrogen-bond donors (Lipinski definition) is 1. The first kappa shape index (κ1) is 21.6. The van der Waals surface area contributed by atoms with E-state index in [9.17, 15) is 28.9 Å². The van der Waals surface area contributed by atoms with Crippen LogP contribution in [0.2, 0.25) is 0 Å². The molecular weight excluding hydrogens is 439 g/mol. The Morgan fingerprint density at radius 2 is 2.06 bits per heavy atom. The normalized spacial score (nSPS) is 11.9. The lowest BCUT2D eigenvalue weighted by atomic mass is 10.2. The van der Waals surface area contributed by atoms with Gasteiger partial charge in [-0.05, 0) is 31.2 Å². The molecule has 1 N–H and O–H groups in total. The number of anilines is 1. The Morgan fingerprint density at radius 1 is 1.30 bits per heavy atom. The number of rotatable bonds is 6. The van der Waals surface area contributed by atoms with Gasteiger partial charge in [-0.3, -0.25) is 29.1 Å². The number of nitrogens with one attached hydrogen (secondary N) is 1. The first-order chi connectivity index (χ1) is 15.7. The molecular formula is C21H15FN4O7. The molecule has 0 aliphatic rings. The third-order valence-electron chi connectivity index (χ3n) is 4.74. The lowest BCUT2D eigenvalue weighted by Gasteiger charge is -2.14. The fourth-order valence-electron chi connectivity index (χ4n) is 3.13. The Bertz CT molecular complexity index is 1480. The second-order valence-electron chi connectivity index (χ2n) is 7.00. The van der Waals surface area contributed by atoms with Gasteiger partial charge in [0.2, 0.25) is 11.4 Å². The summed E-state index contributed by atoms with van der Waals surface area (Å²) in [7, 11) is 0. The van der Waals surface area contributed by atoms with Crippen LogP contribution in [0.5, 0.6) is 0 Å². The number of nitro benzene ring substituents is 1. The maximum Gasteiger partial charge on any atom is 0.326 e. The van der Waals surface area contributed by atoms with Crippen molar-refractivity contribution in [1.29, 1.82) is 0 Å². The van der Waals surface area contributed by atoms with Gasteiger partial charge >= 0.3 is 11.7 Å². The molecule has 2 heterocycles. The zero-order valence-electron chi connectivity index (χ0n) is 17.0. The summed E-state index contributed by atoms with van der Waals surface area (Å²) in [4.78, 5) is 51.3. The number of furan rings is 1. The monoisotopic (exact) mass is 454 g/mol. The largest absolute Gasteiger partial charge is 0.451 e. The maximum atomic E-state index is 13.4. The van der Waals surface area contributed by atoms with Crippen molar-refractivity contribution in [3.63, 3.8) is 0 Å². The fraction of sp³-hybridized carbons (Fsp3) is 0.143. The number of hydrogen-bond acceptors (Lipinski definition) is 8. The van der Waals surface area contributed by atoms with Gasteiger partial charge < -0.3 is 14.5 Å². The number of nitrogens with zero attached hydrogens (tertiary/aromatic N) is 3. The highest BCUT2D eigenvalue weighted by molar-refractivity contribution is 6.01. The molecule has 4 aromatic rings. The second-order valence-corrected chi connectivity index (χ2v) is 7.00. The summed E-state index contributed by atoms with van der Waals surface area (Å²) in [5.74, 6) is -2.76. The third kappa shape index (κ3) is 4.26. The van der Waals surface area contributed by atoms with Crippen molar-refractivity contribution in [3.8, 4) is 0 Å². The van der Waals surface area contributed by atoms with Gasteiger partial charge in [0, 0.05) is 17.1 Å². The van der Waals surface area contributed by atoms with Crippen molar-refractivity contribution in [3.05, 3.63) is 75.1 Å². The van der Waals surface area contributed by atoms with Crippen molar-refractivity contribution in [2.24, 2.45) is 0 Å². The molecule has 0 saturated heterocycles. The van der Waals surface area contributed by atoms with E-state index in [1.165, 1.54) is 13.3 Å². The van der Waals surface area contributed by atoms with E-state index in [4.69, 9.17) is 9.15 Å². The third-order valence-corrected chi connectivity index (χ3v) is 4.74. The highest BCUT2D eigenvalue weighted by Crippen LogP contribution is 2.24. The number of ether oxygens (including phenoxy) is 1. The molecule has 0 bridgehead atoms. The van der Waals surface area contributed by atoms with Gasteiger partial charge in [0.1, 0.15) is 17.6 Å². The summed E-state index contributed by atoms with van der Waals surface area (Å²) >= 11 is 0. The SMILES string of the molecule is CC(OC(=O)Cn1cnc2c(oc3ccccc32)c1=O)C(=O)Nc1ccc(F)c([N+](=O)[O-])c1. The van der Waals surface area contributed by atoms with Crippen molar-refractivity contribution in [2.75, 3.05) is 5.32 Å². The van der Waals surface area contributed by atoms with E-state index >= 15 is 0 Å². The first-order valence-corrected chi connectivity index (χ1v) is 9.55. The molecule has 0 aliphatic heterocycles. The van der Waals surface area contributed by atoms with E-state index in [1.54, 1.807) is 24.3 Å². The van der Waals surface area contributed by atoms with Crippen LogP contribution in [0.4, 0.5) is 15.8 Å². The van der Waals surface area contributed by atoms with Gasteiger partial charge in [0.25, 0.3) is 11.5 Å². The van der Waals surface area contributed by atoms with Crippen molar-refractivity contribution in [1.82, 2.24) is 9.55 Å². The molecule has 168 valence electrons. The summed E-state index contributed by atoms with van der Waals surface area (Å²) in [5, 5.41) is 13.8. The quantitative estimate of drug-likeness (QED) is 0.266. The molecule has 1 amide bonds. The highest BCUT2D eigenvalue weighted by Gasteiger charge is 2.21. The standard InChI is InChI=1S/C21H15FN4O7/c1-11(20(28)24-12-6-7-14(22)15(8-12)26(30)31)32-17(27)9-25-10-23-18-13-4-2-3-5-16(13)33-19(18)21(25)29/h2-8,10-11H,9H2,1H3,(H,24,28). The van der Waals surface area contributed by atoms with Crippen molar-refractivity contribution in [2.45, 2.75) is 19.6 Å². The molecule has 12 heteroatoms. The lowest BCUT2D eigenvalue weighted by Crippen LogP contribution is -2.33. The van der Waals surface area contributed by atoms with Gasteiger partial charge in [-0.25, -0.2) is 4.98 Å². The van der Waals surface area contributed by atoms with Crippen LogP contribution < -0.4 is 10.9 Å². The highest BCUT2D eigenvalue weighted by atomic mass is 19.1. The van der Waals surface area contributed by atoms with Crippen LogP contribution in [0.1, 0.15) is 6.92 Å². The van der Waals surface area contributed by atoms with E-state index in [0.717, 1.165) is 22.8 Å². The zero-order chi connectivity index (χ0) is 23.7. The van der Waals surface area contributed by atoms with Crippen LogP contribution >= 0.6 is 0 Å². The van der Waals surface area contributed by atoms with Gasteiger partial charge in [0.05, 0.1) is 11.3 Å². The average Bonchev–Trinajstić information content (AvgIpc) is 3.16. The van der Waals surface area contributed by atoms with Gasteiger partial charge in [0.15, 0.2) is 6.10 Å². The predicted octanol–water partition coefficient (Wildman–Crippen LogP) is 2.76. The molecule has 1 atom stereocenters. The molecule has 0 radical (unpaired) electrons. The smallest absolute Gasteiger partial charge is 0.326 e. The molecule has 33 heavy (non-hydrogen) atoms. The Labute approximate surface area is 183 Å². The number of benzene rings is 2. The van der Waals surface area contributed by atoms with E-state index in [1.807, 2.05) is 0 Å². The predicted molar refractivity (Wildman–Crippen MR) is 113 cm³/mol. The van der Waals surface area contributed by atoms with Gasteiger partial charge in [-0.2, -0.15) is 4.39 Å². The van der Waals surface area contributed by atoms with Crippen LogP contribution in [-0.2, 0) is 20.9 Å². The number of para-hydroxylation sites is 1. The number of carbonyl (C=O) groups is 2. The van der Waals surface area contributed by atoms with Crippen LogP contribution in [0.25, 0.3) is 22.1 Å². The molecule has 0 fully saturated rings. The van der Waals surface area contributed by atoms with Gasteiger partial charge in [-0.1, -0.05) is 12.1 Å². The van der Waals surface area contributed by atoms with E-state index in [2.05, 4.69) is 10.3 Å². The lowest BCUT2D eigenvalue weighted by molar-refractivity contribution is -0.387. The molecule has 0 aliphatic carbocycles. The first-order valence-electron chi connectivity index (χ1n) is 9.55. The number of aromatic nitrogens is 2. The van der Waals surface area contributed by atoms with E-state index in [0.29, 0.717) is 16.5 Å². The summed E-state index contributed by atoms with van der Waals surface area (Å²) < 4.78 is 25.0. The Morgan fingerprint density at radius 3 is 2.82 bits per heavy atom. The molecule has 2 aromatic heterocycles. The fourth-order valence-corrected chi connectivity index (χ4v) is 3.13. The Balaban J connectivity index is 1.44. The van der Waals surface area contributed by atoms with Crippen LogP contribution in [0, 0.1) is 15.9 Å².